The van der Waals surface area contributed by atoms with E-state index >= 15 is 0 Å². The fourth-order valence-electron chi connectivity index (χ4n) is 2.72. The summed E-state index contributed by atoms with van der Waals surface area (Å²) in [6, 6.07) is 11.4. The molecule has 0 saturated heterocycles. The van der Waals surface area contributed by atoms with E-state index in [0.717, 1.165) is 36.0 Å². The quantitative estimate of drug-likeness (QED) is 0.472. The van der Waals surface area contributed by atoms with E-state index in [9.17, 15) is 4.79 Å². The van der Waals surface area contributed by atoms with Gasteiger partial charge in [0.1, 0.15) is 35.7 Å². The summed E-state index contributed by atoms with van der Waals surface area (Å²) < 4.78 is 17.8. The molecule has 0 radical (unpaired) electrons. The van der Waals surface area contributed by atoms with Gasteiger partial charge in [-0.1, -0.05) is 19.9 Å². The van der Waals surface area contributed by atoms with Crippen molar-refractivity contribution < 1.29 is 19.0 Å². The van der Waals surface area contributed by atoms with Crippen LogP contribution in [0.4, 0.5) is 0 Å². The van der Waals surface area contributed by atoms with Gasteiger partial charge in [0.25, 0.3) is 0 Å². The third-order valence-electron chi connectivity index (χ3n) is 4.56. The molecule has 0 atom stereocenters. The summed E-state index contributed by atoms with van der Waals surface area (Å²) in [4.78, 5) is 11.2. The van der Waals surface area contributed by atoms with Crippen molar-refractivity contribution in [2.24, 2.45) is 0 Å². The molecular weight excluding hydrogens is 352 g/mol. The van der Waals surface area contributed by atoms with Crippen LogP contribution in [0.3, 0.4) is 0 Å². The molecule has 0 unspecified atom stereocenters. The van der Waals surface area contributed by atoms with Crippen LogP contribution in [0.1, 0.15) is 69.4 Å². The number of carbonyl (C=O) groups excluding carboxylic acids is 1. The Kier molecular flexibility index (Phi) is 7.50. The van der Waals surface area contributed by atoms with Gasteiger partial charge in [-0.25, -0.2) is 0 Å². The summed E-state index contributed by atoms with van der Waals surface area (Å²) in [5, 5.41) is 0. The van der Waals surface area contributed by atoms with E-state index < -0.39 is 0 Å². The monoisotopic (exact) mass is 384 g/mol. The second kappa shape index (κ2) is 9.63. The van der Waals surface area contributed by atoms with Crippen LogP contribution in [0.5, 0.6) is 17.2 Å². The number of hydrogen-bond donors (Lipinski definition) is 0. The molecule has 0 fully saturated rings. The van der Waals surface area contributed by atoms with Crippen LogP contribution in [0.15, 0.2) is 36.4 Å². The van der Waals surface area contributed by atoms with Gasteiger partial charge in [0, 0.05) is 11.6 Å². The lowest BCUT2D eigenvalue weighted by atomic mass is 10.0. The normalized spacial score (nSPS) is 11.4. The fraction of sp³-hybridized carbons (Fsp3) is 0.458. The summed E-state index contributed by atoms with van der Waals surface area (Å²) in [5.41, 5.74) is 2.56. The van der Waals surface area contributed by atoms with Crippen molar-refractivity contribution in [1.29, 1.82) is 0 Å². The van der Waals surface area contributed by atoms with E-state index in [4.69, 9.17) is 14.2 Å². The van der Waals surface area contributed by atoms with E-state index in [-0.39, 0.29) is 11.7 Å². The first-order chi connectivity index (χ1) is 13.3. The van der Waals surface area contributed by atoms with Crippen molar-refractivity contribution in [3.8, 4) is 17.2 Å². The zero-order chi connectivity index (χ0) is 20.7. The van der Waals surface area contributed by atoms with Crippen LogP contribution in [-0.4, -0.2) is 18.0 Å². The first-order valence-corrected chi connectivity index (χ1v) is 9.96. The van der Waals surface area contributed by atoms with Gasteiger partial charge in [-0.05, 0) is 75.9 Å². The minimum absolute atomic E-state index is 0.0294. The molecule has 0 aliphatic carbocycles. The van der Waals surface area contributed by atoms with Crippen LogP contribution < -0.4 is 14.2 Å². The van der Waals surface area contributed by atoms with Gasteiger partial charge in [0.05, 0.1) is 6.10 Å². The highest BCUT2D eigenvalue weighted by molar-refractivity contribution is 5.76. The maximum absolute atomic E-state index is 11.2. The van der Waals surface area contributed by atoms with Crippen LogP contribution in [0, 0.1) is 0 Å². The number of ether oxygens (including phenoxy) is 3. The SMILES string of the molecule is CCc1cc(COc2cc(C=O)cc(OC(C)C)c2)ccc1OC(C)(C)CC. The maximum Gasteiger partial charge on any atom is 0.150 e. The second-order valence-electron chi connectivity index (χ2n) is 7.82. The zero-order valence-electron chi connectivity index (χ0n) is 17.9. The third kappa shape index (κ3) is 6.29. The Hall–Kier alpha value is -2.49. The molecule has 0 amide bonds. The average molecular weight is 385 g/mol. The zero-order valence-corrected chi connectivity index (χ0v) is 17.9. The van der Waals surface area contributed by atoms with Gasteiger partial charge in [0.2, 0.25) is 0 Å². The van der Waals surface area contributed by atoms with Crippen molar-refractivity contribution in [2.45, 2.75) is 72.7 Å². The van der Waals surface area contributed by atoms with E-state index in [1.807, 2.05) is 32.0 Å². The molecule has 2 aromatic carbocycles. The molecular formula is C24H32O4. The lowest BCUT2D eigenvalue weighted by molar-refractivity contribution is 0.104. The minimum Gasteiger partial charge on any atom is -0.491 e. The lowest BCUT2D eigenvalue weighted by Crippen LogP contribution is -2.27. The molecule has 4 nitrogen and oxygen atoms in total. The van der Waals surface area contributed by atoms with E-state index in [1.54, 1.807) is 12.1 Å². The van der Waals surface area contributed by atoms with Gasteiger partial charge >= 0.3 is 0 Å². The Bertz CT molecular complexity index is 793. The summed E-state index contributed by atoms with van der Waals surface area (Å²) in [5.74, 6) is 2.17. The molecule has 28 heavy (non-hydrogen) atoms. The smallest absolute Gasteiger partial charge is 0.150 e. The largest absolute Gasteiger partial charge is 0.491 e. The maximum atomic E-state index is 11.2. The molecule has 0 aliphatic heterocycles. The Labute approximate surface area is 168 Å². The number of hydrogen-bond acceptors (Lipinski definition) is 4. The van der Waals surface area contributed by atoms with Gasteiger partial charge in [-0.3, -0.25) is 4.79 Å². The summed E-state index contributed by atoms with van der Waals surface area (Å²) >= 11 is 0. The molecule has 2 aromatic rings. The molecule has 0 aliphatic rings. The van der Waals surface area contributed by atoms with Crippen LogP contribution in [0.25, 0.3) is 0 Å². The topological polar surface area (TPSA) is 44.8 Å². The number of carbonyl (C=O) groups is 1. The summed E-state index contributed by atoms with van der Waals surface area (Å²) in [6.07, 6.45) is 2.66. The van der Waals surface area contributed by atoms with Gasteiger partial charge in [-0.2, -0.15) is 0 Å². The second-order valence-corrected chi connectivity index (χ2v) is 7.82. The highest BCUT2D eigenvalue weighted by Gasteiger charge is 2.18. The fourth-order valence-corrected chi connectivity index (χ4v) is 2.72. The van der Waals surface area contributed by atoms with Crippen LogP contribution in [-0.2, 0) is 13.0 Å². The molecule has 0 spiro atoms. The van der Waals surface area contributed by atoms with E-state index in [1.165, 1.54) is 0 Å². The standard InChI is InChI=1S/C24H32O4/c1-7-20-11-18(9-10-23(20)28-24(5,6)8-2)16-26-21-12-19(15-25)13-22(14-21)27-17(3)4/h9-15,17H,7-8,16H2,1-6H3. The molecule has 0 heterocycles. The number of aryl methyl sites for hydroxylation is 1. The average Bonchev–Trinajstić information content (AvgIpc) is 2.66. The molecule has 0 saturated carbocycles. The van der Waals surface area contributed by atoms with Crippen molar-refractivity contribution in [2.75, 3.05) is 0 Å². The Morgan fingerprint density at radius 1 is 1.04 bits per heavy atom. The number of benzene rings is 2. The third-order valence-corrected chi connectivity index (χ3v) is 4.56. The van der Waals surface area contributed by atoms with Crippen molar-refractivity contribution in [1.82, 2.24) is 0 Å². The Morgan fingerprint density at radius 3 is 2.36 bits per heavy atom. The molecule has 0 N–H and O–H groups in total. The molecule has 4 heteroatoms. The van der Waals surface area contributed by atoms with Crippen LogP contribution >= 0.6 is 0 Å². The predicted molar refractivity (Wildman–Crippen MR) is 113 cm³/mol. The summed E-state index contributed by atoms with van der Waals surface area (Å²) in [7, 11) is 0. The molecule has 0 bridgehead atoms. The van der Waals surface area contributed by atoms with Crippen molar-refractivity contribution in [3.05, 3.63) is 53.1 Å². The summed E-state index contributed by atoms with van der Waals surface area (Å²) in [6.45, 7) is 12.7. The predicted octanol–water partition coefficient (Wildman–Crippen LogP) is 6.00. The minimum atomic E-state index is -0.190. The Balaban J connectivity index is 2.15. The molecule has 152 valence electrons. The lowest BCUT2D eigenvalue weighted by Gasteiger charge is -2.26. The van der Waals surface area contributed by atoms with Crippen LogP contribution in [0.2, 0.25) is 0 Å². The van der Waals surface area contributed by atoms with Gasteiger partial charge < -0.3 is 14.2 Å². The first kappa shape index (κ1) is 21.8. The van der Waals surface area contributed by atoms with E-state index in [2.05, 4.69) is 33.8 Å². The first-order valence-electron chi connectivity index (χ1n) is 9.96. The highest BCUT2D eigenvalue weighted by Crippen LogP contribution is 2.28. The Morgan fingerprint density at radius 2 is 1.75 bits per heavy atom. The van der Waals surface area contributed by atoms with Crippen molar-refractivity contribution in [3.63, 3.8) is 0 Å². The molecule has 0 aromatic heterocycles. The number of aldehydes is 1. The van der Waals surface area contributed by atoms with Gasteiger partial charge in [0.15, 0.2) is 0 Å². The van der Waals surface area contributed by atoms with Gasteiger partial charge in [-0.15, -0.1) is 0 Å². The highest BCUT2D eigenvalue weighted by atomic mass is 16.5. The van der Waals surface area contributed by atoms with Crippen molar-refractivity contribution >= 4 is 6.29 Å². The molecule has 2 rings (SSSR count). The van der Waals surface area contributed by atoms with E-state index in [0.29, 0.717) is 23.7 Å². The number of rotatable bonds is 10.